The quantitative estimate of drug-likeness (QED) is 0.678. The molecule has 0 radical (unpaired) electrons. The number of rotatable bonds is 5. The molecular weight excluding hydrogens is 284 g/mol. The number of ether oxygens (including phenoxy) is 1. The number of hydrogen-bond acceptors (Lipinski definition) is 5. The van der Waals surface area contributed by atoms with E-state index < -0.39 is 22.2 Å². The first-order valence-corrected chi connectivity index (χ1v) is 5.87. The molecule has 0 aliphatic carbocycles. The number of hydrogen-bond donors (Lipinski definition) is 1. The Hall–Kier alpha value is -2.77. The maximum Gasteiger partial charge on any atom is 0.298 e. The second kappa shape index (κ2) is 6.12. The molecule has 0 spiro atoms. The van der Waals surface area contributed by atoms with E-state index in [4.69, 9.17) is 4.74 Å². The number of nitro benzene ring substituents is 1. The maximum atomic E-state index is 13.7. The van der Waals surface area contributed by atoms with Crippen LogP contribution in [0.3, 0.4) is 0 Å². The molecule has 0 bridgehead atoms. The lowest BCUT2D eigenvalue weighted by Gasteiger charge is -2.08. The Bertz CT molecular complexity index is 662. The maximum absolute atomic E-state index is 13.7. The number of nitrogens with one attached hydrogen (secondary N) is 1. The van der Waals surface area contributed by atoms with Crippen LogP contribution in [0.25, 0.3) is 0 Å². The Kier molecular flexibility index (Phi) is 4.27. The molecule has 8 heteroatoms. The fraction of sp³-hybridized carbons (Fsp3) is 0.154. The highest BCUT2D eigenvalue weighted by Gasteiger charge is 2.20. The summed E-state index contributed by atoms with van der Waals surface area (Å²) in [7, 11) is 1.47. The van der Waals surface area contributed by atoms with Gasteiger partial charge in [0, 0.05) is 24.9 Å². The van der Waals surface area contributed by atoms with Gasteiger partial charge in [-0.05, 0) is 5.56 Å². The Balaban J connectivity index is 2.20. The summed E-state index contributed by atoms with van der Waals surface area (Å²) in [6.45, 7) is 0.0976. The van der Waals surface area contributed by atoms with Gasteiger partial charge in [-0.3, -0.25) is 10.1 Å². The Morgan fingerprint density at radius 3 is 2.71 bits per heavy atom. The van der Waals surface area contributed by atoms with Crippen LogP contribution >= 0.6 is 0 Å². The number of benzene rings is 1. The number of pyridine rings is 1. The zero-order chi connectivity index (χ0) is 15.4. The minimum Gasteiger partial charge on any atom is -0.481 e. The summed E-state index contributed by atoms with van der Waals surface area (Å²) in [6, 6.07) is 4.53. The molecule has 0 atom stereocenters. The molecule has 1 heterocycles. The van der Waals surface area contributed by atoms with Crippen molar-refractivity contribution >= 4 is 11.4 Å². The van der Waals surface area contributed by atoms with Crippen LogP contribution in [0.2, 0.25) is 0 Å². The molecule has 1 aromatic carbocycles. The van der Waals surface area contributed by atoms with Crippen LogP contribution in [0.5, 0.6) is 5.88 Å². The standard InChI is InChI=1S/C13H11F2N3O3/c1-21-12-3-2-8(6-16-12)7-17-13-10(15)4-9(14)5-11(13)18(19)20/h2-6,17H,7H2,1H3. The van der Waals surface area contributed by atoms with Crippen LogP contribution in [0.15, 0.2) is 30.5 Å². The molecule has 0 fully saturated rings. The van der Waals surface area contributed by atoms with Crippen molar-refractivity contribution in [3.8, 4) is 5.88 Å². The number of nitro groups is 1. The summed E-state index contributed by atoms with van der Waals surface area (Å²) in [4.78, 5) is 13.9. The topological polar surface area (TPSA) is 77.3 Å². The van der Waals surface area contributed by atoms with Gasteiger partial charge < -0.3 is 10.1 Å². The third kappa shape index (κ3) is 3.41. The third-order valence-corrected chi connectivity index (χ3v) is 2.71. The van der Waals surface area contributed by atoms with E-state index in [-0.39, 0.29) is 12.2 Å². The van der Waals surface area contributed by atoms with E-state index >= 15 is 0 Å². The van der Waals surface area contributed by atoms with Crippen molar-refractivity contribution in [3.05, 3.63) is 57.8 Å². The van der Waals surface area contributed by atoms with Crippen LogP contribution in [0, 0.1) is 21.7 Å². The highest BCUT2D eigenvalue weighted by atomic mass is 19.1. The average Bonchev–Trinajstić information content (AvgIpc) is 2.46. The summed E-state index contributed by atoms with van der Waals surface area (Å²) in [5.41, 5.74) is -0.361. The van der Waals surface area contributed by atoms with Crippen molar-refractivity contribution in [2.45, 2.75) is 6.54 Å². The van der Waals surface area contributed by atoms with Crippen molar-refractivity contribution in [3.63, 3.8) is 0 Å². The number of halogens is 2. The molecule has 2 rings (SSSR count). The first-order chi connectivity index (χ1) is 10.0. The zero-order valence-corrected chi connectivity index (χ0v) is 11.0. The molecule has 0 unspecified atom stereocenters. The van der Waals surface area contributed by atoms with Crippen LogP contribution in [-0.4, -0.2) is 17.0 Å². The molecular formula is C13H11F2N3O3. The average molecular weight is 295 g/mol. The van der Waals surface area contributed by atoms with Crippen molar-refractivity contribution in [2.75, 3.05) is 12.4 Å². The fourth-order valence-electron chi connectivity index (χ4n) is 1.71. The predicted octanol–water partition coefficient (Wildman–Crippen LogP) is 2.89. The zero-order valence-electron chi connectivity index (χ0n) is 11.0. The summed E-state index contributed by atoms with van der Waals surface area (Å²) >= 11 is 0. The minimum absolute atomic E-state index is 0.0976. The van der Waals surface area contributed by atoms with E-state index in [1.807, 2.05) is 0 Å². The van der Waals surface area contributed by atoms with Crippen LogP contribution in [0.1, 0.15) is 5.56 Å². The van der Waals surface area contributed by atoms with Gasteiger partial charge in [-0.15, -0.1) is 0 Å². The predicted molar refractivity (Wildman–Crippen MR) is 71.1 cm³/mol. The monoisotopic (exact) mass is 295 g/mol. The van der Waals surface area contributed by atoms with Crippen molar-refractivity contribution in [1.82, 2.24) is 4.98 Å². The van der Waals surface area contributed by atoms with Gasteiger partial charge in [-0.25, -0.2) is 13.8 Å². The van der Waals surface area contributed by atoms with Crippen molar-refractivity contribution < 1.29 is 18.4 Å². The fourth-order valence-corrected chi connectivity index (χ4v) is 1.71. The molecule has 0 saturated carbocycles. The Morgan fingerprint density at radius 2 is 2.14 bits per heavy atom. The SMILES string of the molecule is COc1ccc(CNc2c(F)cc(F)cc2[N+](=O)[O-])cn1. The van der Waals surface area contributed by atoms with Crippen molar-refractivity contribution in [2.24, 2.45) is 0 Å². The first-order valence-electron chi connectivity index (χ1n) is 5.87. The molecule has 0 saturated heterocycles. The molecule has 2 aromatic rings. The van der Waals surface area contributed by atoms with Gasteiger partial charge in [0.15, 0.2) is 5.82 Å². The van der Waals surface area contributed by atoms with Crippen LogP contribution in [-0.2, 0) is 6.54 Å². The molecule has 21 heavy (non-hydrogen) atoms. The smallest absolute Gasteiger partial charge is 0.298 e. The van der Waals surface area contributed by atoms with Crippen LogP contribution < -0.4 is 10.1 Å². The van der Waals surface area contributed by atoms with Gasteiger partial charge >= 0.3 is 0 Å². The molecule has 6 nitrogen and oxygen atoms in total. The van der Waals surface area contributed by atoms with Crippen LogP contribution in [0.4, 0.5) is 20.2 Å². The first kappa shape index (κ1) is 14.6. The number of methoxy groups -OCH3 is 1. The van der Waals surface area contributed by atoms with Gasteiger partial charge in [0.05, 0.1) is 18.1 Å². The summed E-state index contributed by atoms with van der Waals surface area (Å²) in [5, 5.41) is 13.4. The van der Waals surface area contributed by atoms with Crippen molar-refractivity contribution in [1.29, 1.82) is 0 Å². The summed E-state index contributed by atoms with van der Waals surface area (Å²) in [5.74, 6) is -1.61. The highest BCUT2D eigenvalue weighted by Crippen LogP contribution is 2.29. The summed E-state index contributed by atoms with van der Waals surface area (Å²) in [6.07, 6.45) is 1.49. The highest BCUT2D eigenvalue weighted by molar-refractivity contribution is 5.62. The van der Waals surface area contributed by atoms with E-state index in [1.165, 1.54) is 13.3 Å². The Morgan fingerprint density at radius 1 is 1.38 bits per heavy atom. The van der Waals surface area contributed by atoms with Gasteiger partial charge in [-0.2, -0.15) is 0 Å². The molecule has 0 aliphatic heterocycles. The van der Waals surface area contributed by atoms with Gasteiger partial charge in [-0.1, -0.05) is 6.07 Å². The molecule has 0 aliphatic rings. The van der Waals surface area contributed by atoms with E-state index in [9.17, 15) is 18.9 Å². The molecule has 1 N–H and O–H groups in total. The number of aromatic nitrogens is 1. The van der Waals surface area contributed by atoms with E-state index in [0.29, 0.717) is 23.6 Å². The Labute approximate surface area is 118 Å². The normalized spacial score (nSPS) is 10.2. The second-order valence-corrected chi connectivity index (χ2v) is 4.10. The lowest BCUT2D eigenvalue weighted by molar-refractivity contribution is -0.384. The lowest BCUT2D eigenvalue weighted by atomic mass is 10.2. The summed E-state index contributed by atoms with van der Waals surface area (Å²) < 4.78 is 31.6. The van der Waals surface area contributed by atoms with E-state index in [1.54, 1.807) is 12.1 Å². The molecule has 1 aromatic heterocycles. The van der Waals surface area contributed by atoms with E-state index in [2.05, 4.69) is 10.3 Å². The minimum atomic E-state index is -1.02. The number of anilines is 1. The third-order valence-electron chi connectivity index (χ3n) is 2.71. The largest absolute Gasteiger partial charge is 0.481 e. The van der Waals surface area contributed by atoms with Gasteiger partial charge in [0.2, 0.25) is 5.88 Å². The molecule has 0 amide bonds. The van der Waals surface area contributed by atoms with Gasteiger partial charge in [0.1, 0.15) is 11.5 Å². The molecule has 110 valence electrons. The lowest BCUT2D eigenvalue weighted by Crippen LogP contribution is -2.06. The number of nitrogens with zero attached hydrogens (tertiary/aromatic N) is 2. The van der Waals surface area contributed by atoms with Gasteiger partial charge in [0.25, 0.3) is 5.69 Å². The second-order valence-electron chi connectivity index (χ2n) is 4.10. The van der Waals surface area contributed by atoms with E-state index in [0.717, 1.165) is 0 Å².